The summed E-state index contributed by atoms with van der Waals surface area (Å²) in [6.07, 6.45) is 2.34. The van der Waals surface area contributed by atoms with Crippen LogP contribution in [0.5, 0.6) is 5.75 Å². The molecular formula is C24H30N2O3. The minimum Gasteiger partial charge on any atom is -0.410 e. The van der Waals surface area contributed by atoms with Crippen LogP contribution >= 0.6 is 0 Å². The standard InChI is InChI=1S/C24H30N2O3/c1-18(2)17-22(25-23(27)20-9-5-3-6-10-20)19-13-15-26(16-14-19)24(28)29-21-11-7-4-8-12-21/h3-12,18-19,22H,13-17H2,1-2H3,(H,25,27). The Labute approximate surface area is 173 Å². The Balaban J connectivity index is 1.56. The molecule has 2 amide bonds. The Bertz CT molecular complexity index is 784. The summed E-state index contributed by atoms with van der Waals surface area (Å²) in [4.78, 5) is 26.8. The summed E-state index contributed by atoms with van der Waals surface area (Å²) in [6, 6.07) is 18.6. The summed E-state index contributed by atoms with van der Waals surface area (Å²) in [7, 11) is 0. The van der Waals surface area contributed by atoms with Crippen molar-refractivity contribution in [1.29, 1.82) is 0 Å². The number of carbonyl (C=O) groups excluding carboxylic acids is 2. The predicted octanol–water partition coefficient (Wildman–Crippen LogP) is 4.74. The largest absolute Gasteiger partial charge is 0.415 e. The van der Waals surface area contributed by atoms with Crippen LogP contribution < -0.4 is 10.1 Å². The van der Waals surface area contributed by atoms with Gasteiger partial charge in [0.25, 0.3) is 5.91 Å². The molecular weight excluding hydrogens is 364 g/mol. The fourth-order valence-corrected chi connectivity index (χ4v) is 3.86. The molecule has 3 rings (SSSR count). The van der Waals surface area contributed by atoms with E-state index in [-0.39, 0.29) is 18.0 Å². The SMILES string of the molecule is CC(C)CC(NC(=O)c1ccccc1)C1CCN(C(=O)Oc2ccccc2)CC1. The number of likely N-dealkylation sites (tertiary alicyclic amines) is 1. The number of nitrogens with one attached hydrogen (secondary N) is 1. The number of para-hydroxylation sites is 1. The van der Waals surface area contributed by atoms with Crippen molar-refractivity contribution in [3.05, 3.63) is 66.2 Å². The van der Waals surface area contributed by atoms with Crippen molar-refractivity contribution in [2.24, 2.45) is 11.8 Å². The van der Waals surface area contributed by atoms with E-state index in [0.29, 0.717) is 36.2 Å². The maximum atomic E-state index is 12.7. The van der Waals surface area contributed by atoms with Crippen molar-refractivity contribution in [2.45, 2.75) is 39.2 Å². The maximum Gasteiger partial charge on any atom is 0.415 e. The van der Waals surface area contributed by atoms with Crippen LogP contribution in [0.2, 0.25) is 0 Å². The van der Waals surface area contributed by atoms with Gasteiger partial charge in [-0.2, -0.15) is 0 Å². The van der Waals surface area contributed by atoms with E-state index >= 15 is 0 Å². The minimum absolute atomic E-state index is 0.0258. The van der Waals surface area contributed by atoms with Gasteiger partial charge >= 0.3 is 6.09 Å². The van der Waals surface area contributed by atoms with Crippen molar-refractivity contribution in [1.82, 2.24) is 10.2 Å². The number of nitrogens with zero attached hydrogens (tertiary/aromatic N) is 1. The molecule has 1 fully saturated rings. The van der Waals surface area contributed by atoms with E-state index in [1.165, 1.54) is 0 Å². The van der Waals surface area contributed by atoms with E-state index < -0.39 is 0 Å². The third-order valence-electron chi connectivity index (χ3n) is 5.39. The fraction of sp³-hybridized carbons (Fsp3) is 0.417. The predicted molar refractivity (Wildman–Crippen MR) is 114 cm³/mol. The second kappa shape index (κ2) is 10.1. The van der Waals surface area contributed by atoms with Gasteiger partial charge in [-0.25, -0.2) is 4.79 Å². The molecule has 29 heavy (non-hydrogen) atoms. The third-order valence-corrected chi connectivity index (χ3v) is 5.39. The smallest absolute Gasteiger partial charge is 0.410 e. The average molecular weight is 395 g/mol. The quantitative estimate of drug-likeness (QED) is 0.770. The highest BCUT2D eigenvalue weighted by Crippen LogP contribution is 2.26. The summed E-state index contributed by atoms with van der Waals surface area (Å²) in [5.74, 6) is 1.37. The van der Waals surface area contributed by atoms with Gasteiger partial charge < -0.3 is 15.0 Å². The number of hydrogen-bond acceptors (Lipinski definition) is 3. The van der Waals surface area contributed by atoms with Crippen LogP contribution in [0.15, 0.2) is 60.7 Å². The van der Waals surface area contributed by atoms with Crippen LogP contribution in [0, 0.1) is 11.8 Å². The number of rotatable bonds is 6. The Morgan fingerprint density at radius 3 is 2.17 bits per heavy atom. The molecule has 1 aliphatic rings. The summed E-state index contributed by atoms with van der Waals surface area (Å²) in [5.41, 5.74) is 0.685. The molecule has 1 heterocycles. The molecule has 1 atom stereocenters. The lowest BCUT2D eigenvalue weighted by molar-refractivity contribution is 0.0871. The zero-order valence-electron chi connectivity index (χ0n) is 17.2. The van der Waals surface area contributed by atoms with Crippen LogP contribution in [0.3, 0.4) is 0 Å². The van der Waals surface area contributed by atoms with Gasteiger partial charge in [0.15, 0.2) is 0 Å². The van der Waals surface area contributed by atoms with Gasteiger partial charge in [-0.05, 0) is 55.4 Å². The molecule has 1 aliphatic heterocycles. The number of carbonyl (C=O) groups is 2. The Hall–Kier alpha value is -2.82. The molecule has 5 heteroatoms. The zero-order valence-corrected chi connectivity index (χ0v) is 17.2. The van der Waals surface area contributed by atoms with Crippen molar-refractivity contribution in [3.8, 4) is 5.75 Å². The molecule has 0 aliphatic carbocycles. The lowest BCUT2D eigenvalue weighted by Crippen LogP contribution is -2.47. The first-order valence-corrected chi connectivity index (χ1v) is 10.4. The van der Waals surface area contributed by atoms with Gasteiger partial charge in [-0.1, -0.05) is 50.2 Å². The van der Waals surface area contributed by atoms with Gasteiger partial charge in [0.05, 0.1) is 0 Å². The highest BCUT2D eigenvalue weighted by Gasteiger charge is 2.30. The summed E-state index contributed by atoms with van der Waals surface area (Å²) < 4.78 is 5.45. The number of amides is 2. The van der Waals surface area contributed by atoms with Gasteiger partial charge in [0, 0.05) is 24.7 Å². The van der Waals surface area contributed by atoms with E-state index in [4.69, 9.17) is 4.74 Å². The molecule has 0 saturated carbocycles. The van der Waals surface area contributed by atoms with Crippen LogP contribution in [-0.4, -0.2) is 36.0 Å². The van der Waals surface area contributed by atoms with Crippen molar-refractivity contribution >= 4 is 12.0 Å². The molecule has 0 bridgehead atoms. The Kier molecular flexibility index (Phi) is 7.28. The Morgan fingerprint density at radius 2 is 1.59 bits per heavy atom. The van der Waals surface area contributed by atoms with Crippen molar-refractivity contribution in [3.63, 3.8) is 0 Å². The maximum absolute atomic E-state index is 12.7. The highest BCUT2D eigenvalue weighted by atomic mass is 16.6. The molecule has 1 saturated heterocycles. The van der Waals surface area contributed by atoms with Crippen LogP contribution in [0.4, 0.5) is 4.79 Å². The van der Waals surface area contributed by atoms with E-state index in [0.717, 1.165) is 19.3 Å². The normalized spacial score (nSPS) is 15.8. The number of benzene rings is 2. The van der Waals surface area contributed by atoms with E-state index in [9.17, 15) is 9.59 Å². The molecule has 1 unspecified atom stereocenters. The topological polar surface area (TPSA) is 58.6 Å². The zero-order chi connectivity index (χ0) is 20.6. The molecule has 1 N–H and O–H groups in total. The third kappa shape index (κ3) is 6.08. The molecule has 2 aromatic carbocycles. The van der Waals surface area contributed by atoms with Crippen LogP contribution in [0.1, 0.15) is 43.5 Å². The summed E-state index contributed by atoms with van der Waals surface area (Å²) in [6.45, 7) is 5.64. The lowest BCUT2D eigenvalue weighted by atomic mass is 9.85. The van der Waals surface area contributed by atoms with Crippen LogP contribution in [-0.2, 0) is 0 Å². The average Bonchev–Trinajstić information content (AvgIpc) is 2.74. The van der Waals surface area contributed by atoms with Gasteiger partial charge in [-0.15, -0.1) is 0 Å². The van der Waals surface area contributed by atoms with Crippen molar-refractivity contribution in [2.75, 3.05) is 13.1 Å². The monoisotopic (exact) mass is 394 g/mol. The summed E-state index contributed by atoms with van der Waals surface area (Å²) in [5, 5.41) is 3.24. The highest BCUT2D eigenvalue weighted by molar-refractivity contribution is 5.94. The minimum atomic E-state index is -0.302. The number of hydrogen-bond donors (Lipinski definition) is 1. The molecule has 154 valence electrons. The van der Waals surface area contributed by atoms with E-state index in [2.05, 4.69) is 19.2 Å². The second-order valence-electron chi connectivity index (χ2n) is 8.08. The molecule has 0 aromatic heterocycles. The number of ether oxygens (including phenoxy) is 1. The summed E-state index contributed by atoms with van der Waals surface area (Å²) >= 11 is 0. The second-order valence-corrected chi connectivity index (χ2v) is 8.08. The lowest BCUT2D eigenvalue weighted by Gasteiger charge is -2.36. The Morgan fingerprint density at radius 1 is 1.00 bits per heavy atom. The van der Waals surface area contributed by atoms with Gasteiger partial charge in [-0.3, -0.25) is 4.79 Å². The first kappa shape index (κ1) is 20.9. The van der Waals surface area contributed by atoms with Crippen LogP contribution in [0.25, 0.3) is 0 Å². The van der Waals surface area contributed by atoms with Gasteiger partial charge in [0.2, 0.25) is 0 Å². The molecule has 2 aromatic rings. The fourth-order valence-electron chi connectivity index (χ4n) is 3.86. The molecule has 0 spiro atoms. The van der Waals surface area contributed by atoms with E-state index in [1.807, 2.05) is 48.5 Å². The number of piperidine rings is 1. The van der Waals surface area contributed by atoms with E-state index in [1.54, 1.807) is 17.0 Å². The van der Waals surface area contributed by atoms with Crippen molar-refractivity contribution < 1.29 is 14.3 Å². The first-order chi connectivity index (χ1) is 14.0. The first-order valence-electron chi connectivity index (χ1n) is 10.4. The van der Waals surface area contributed by atoms with Gasteiger partial charge in [0.1, 0.15) is 5.75 Å². The molecule has 5 nitrogen and oxygen atoms in total. The molecule has 0 radical (unpaired) electrons.